The molecule has 126 valence electrons. The van der Waals surface area contributed by atoms with Crippen molar-refractivity contribution in [2.75, 3.05) is 17.2 Å². The quantitative estimate of drug-likeness (QED) is 0.659. The molecule has 0 aliphatic carbocycles. The number of benzene rings is 1. The first-order valence-corrected chi connectivity index (χ1v) is 6.43. The Hall–Kier alpha value is -2.62. The van der Waals surface area contributed by atoms with E-state index < -0.39 is 12.1 Å². The van der Waals surface area contributed by atoms with E-state index in [1.807, 2.05) is 6.07 Å². The molecule has 0 saturated carbocycles. The van der Waals surface area contributed by atoms with Gasteiger partial charge in [-0.25, -0.2) is 0 Å². The first kappa shape index (κ1) is 18.4. The largest absolute Gasteiger partial charge is 0.542 e. The van der Waals surface area contributed by atoms with Gasteiger partial charge >= 0.3 is 6.18 Å². The van der Waals surface area contributed by atoms with Crippen LogP contribution < -0.4 is 21.5 Å². The van der Waals surface area contributed by atoms with Crippen LogP contribution in [0.4, 0.5) is 24.5 Å². The highest BCUT2D eigenvalue weighted by atomic mass is 19.4. The summed E-state index contributed by atoms with van der Waals surface area (Å²) in [7, 11) is 0. The number of anilines is 2. The van der Waals surface area contributed by atoms with E-state index in [2.05, 4.69) is 16.4 Å². The Balaban J connectivity index is 0.000000322. The average molecular weight is 333 g/mol. The number of amides is 2. The van der Waals surface area contributed by atoms with E-state index in [0.717, 1.165) is 16.9 Å². The Morgan fingerprint density at radius 1 is 1.35 bits per heavy atom. The Labute approximate surface area is 128 Å². The van der Waals surface area contributed by atoms with Gasteiger partial charge in [-0.3, -0.25) is 9.59 Å². The number of halogens is 3. The molecule has 5 N–H and O–H groups in total. The van der Waals surface area contributed by atoms with Gasteiger partial charge in [0, 0.05) is 11.4 Å². The van der Waals surface area contributed by atoms with Crippen molar-refractivity contribution in [1.29, 1.82) is 0 Å². The summed E-state index contributed by atoms with van der Waals surface area (Å²) in [6, 6.07) is 5.42. The summed E-state index contributed by atoms with van der Waals surface area (Å²) in [5.41, 5.74) is 6.11. The van der Waals surface area contributed by atoms with Crippen LogP contribution in [-0.4, -0.2) is 30.5 Å². The second-order valence-electron chi connectivity index (χ2n) is 4.53. The molecule has 1 aliphatic heterocycles. The zero-order valence-corrected chi connectivity index (χ0v) is 11.8. The highest BCUT2D eigenvalue weighted by molar-refractivity contribution is 6.00. The zero-order chi connectivity index (χ0) is 17.6. The summed E-state index contributed by atoms with van der Waals surface area (Å²) in [5.74, 6) is -3.06. The fourth-order valence-electron chi connectivity index (χ4n) is 1.69. The number of carbonyl (C=O) groups excluding carboxylic acids is 3. The molecule has 0 fully saturated rings. The molecular formula is C13H14F3N3O4. The van der Waals surface area contributed by atoms with Crippen LogP contribution in [0.5, 0.6) is 0 Å². The summed E-state index contributed by atoms with van der Waals surface area (Å²) in [4.78, 5) is 31.3. The Bertz CT molecular complexity index is 617. The van der Waals surface area contributed by atoms with Gasteiger partial charge in [-0.05, 0) is 23.8 Å². The predicted octanol–water partition coefficient (Wildman–Crippen LogP) is -0.950. The molecule has 2 amide bonds. The zero-order valence-electron chi connectivity index (χ0n) is 11.8. The molecule has 0 saturated heterocycles. The number of nitrogens with one attached hydrogen (secondary N) is 2. The van der Waals surface area contributed by atoms with E-state index >= 15 is 0 Å². The average Bonchev–Trinajstić information content (AvgIpc) is 2.78. The molecule has 1 aromatic rings. The van der Waals surface area contributed by atoms with E-state index in [9.17, 15) is 22.8 Å². The summed E-state index contributed by atoms with van der Waals surface area (Å²) in [6.07, 6.45) is -4.40. The third-order valence-corrected chi connectivity index (χ3v) is 2.65. The molecule has 1 aliphatic rings. The van der Waals surface area contributed by atoms with Crippen molar-refractivity contribution in [2.45, 2.75) is 19.0 Å². The molecule has 10 heteroatoms. The monoisotopic (exact) mass is 333 g/mol. The molecule has 1 heterocycles. The predicted molar refractivity (Wildman–Crippen MR) is 70.8 cm³/mol. The van der Waals surface area contributed by atoms with Crippen molar-refractivity contribution < 1.29 is 38.4 Å². The normalized spacial score (nSPS) is 12.6. The highest BCUT2D eigenvalue weighted by Gasteiger charge is 2.28. The molecule has 0 bridgehead atoms. The number of alkyl halides is 3. The fraction of sp³-hybridized carbons (Fsp3) is 0.308. The third-order valence-electron chi connectivity index (χ3n) is 2.65. The maximum atomic E-state index is 11.3. The lowest BCUT2D eigenvalue weighted by Gasteiger charge is -2.05. The summed E-state index contributed by atoms with van der Waals surface area (Å²) >= 11 is 0. The lowest BCUT2D eigenvalue weighted by Crippen LogP contribution is -2.51. The van der Waals surface area contributed by atoms with Crippen molar-refractivity contribution in [3.63, 3.8) is 0 Å². The van der Waals surface area contributed by atoms with Gasteiger partial charge in [-0.15, -0.1) is 0 Å². The molecule has 0 aromatic heterocycles. The maximum absolute atomic E-state index is 11.3. The van der Waals surface area contributed by atoms with Gasteiger partial charge in [0.15, 0.2) is 0 Å². The van der Waals surface area contributed by atoms with E-state index in [-0.39, 0.29) is 11.8 Å². The molecule has 2 rings (SSSR count). The molecule has 1 aromatic carbocycles. The number of carboxylic acid groups (broad SMARTS) is 1. The Morgan fingerprint density at radius 3 is 2.48 bits per heavy atom. The number of carboxylic acids is 1. The molecular weight excluding hydrogens is 319 g/mol. The van der Waals surface area contributed by atoms with Crippen LogP contribution in [-0.2, 0) is 20.8 Å². The number of fused-ring (bicyclic) bond motifs is 1. The lowest BCUT2D eigenvalue weighted by atomic mass is 10.1. The highest BCUT2D eigenvalue weighted by Crippen LogP contribution is 2.25. The standard InChI is InChI=1S/C11H13N3O2.C2HF3O2/c12-4-3-10(15)13-8-1-2-9-7(5-8)6-11(16)14-9;3-2(4,5)1(6)7/h1-2,5H,3-4,6,12H2,(H,13,15)(H,14,16);(H,6,7). The first-order chi connectivity index (χ1) is 10.6. The molecule has 0 radical (unpaired) electrons. The van der Waals surface area contributed by atoms with Crippen LogP contribution in [0.2, 0.25) is 0 Å². The van der Waals surface area contributed by atoms with Gasteiger partial charge in [-0.1, -0.05) is 0 Å². The van der Waals surface area contributed by atoms with Crippen LogP contribution in [0, 0.1) is 0 Å². The molecule has 0 atom stereocenters. The van der Waals surface area contributed by atoms with Crippen molar-refractivity contribution in [1.82, 2.24) is 0 Å². The van der Waals surface area contributed by atoms with Crippen LogP contribution in [0.15, 0.2) is 18.2 Å². The van der Waals surface area contributed by atoms with Gasteiger partial charge < -0.3 is 26.3 Å². The van der Waals surface area contributed by atoms with Gasteiger partial charge in [0.25, 0.3) is 0 Å². The number of rotatable bonds is 3. The van der Waals surface area contributed by atoms with Crippen LogP contribution in [0.25, 0.3) is 0 Å². The second kappa shape index (κ2) is 7.58. The van der Waals surface area contributed by atoms with Gasteiger partial charge in [0.2, 0.25) is 11.8 Å². The lowest BCUT2D eigenvalue weighted by molar-refractivity contribution is -0.365. The number of aliphatic carboxylic acids is 1. The summed E-state index contributed by atoms with van der Waals surface area (Å²) < 4.78 is 31.5. The summed E-state index contributed by atoms with van der Waals surface area (Å²) in [6.45, 7) is 0.580. The topological polar surface area (TPSA) is 126 Å². The second-order valence-corrected chi connectivity index (χ2v) is 4.53. The number of carbonyl (C=O) groups is 3. The minimum Gasteiger partial charge on any atom is -0.542 e. The molecule has 23 heavy (non-hydrogen) atoms. The third kappa shape index (κ3) is 5.94. The van der Waals surface area contributed by atoms with E-state index in [4.69, 9.17) is 9.90 Å². The smallest absolute Gasteiger partial charge is 0.430 e. The molecule has 0 spiro atoms. The SMILES string of the molecule is O=C([O-])C(F)(F)F.[NH3+]CCC(=O)Nc1ccc2c(c1)CC(=O)N2. The van der Waals surface area contributed by atoms with Crippen molar-refractivity contribution in [2.24, 2.45) is 0 Å². The van der Waals surface area contributed by atoms with E-state index in [1.54, 1.807) is 12.1 Å². The minimum atomic E-state index is -5.19. The van der Waals surface area contributed by atoms with Gasteiger partial charge in [-0.2, -0.15) is 13.2 Å². The van der Waals surface area contributed by atoms with Crippen molar-refractivity contribution in [3.05, 3.63) is 23.8 Å². The van der Waals surface area contributed by atoms with Crippen LogP contribution in [0.1, 0.15) is 12.0 Å². The maximum Gasteiger partial charge on any atom is 0.430 e. The minimum absolute atomic E-state index is 0.00349. The van der Waals surface area contributed by atoms with E-state index in [0.29, 0.717) is 19.4 Å². The van der Waals surface area contributed by atoms with Gasteiger partial charge in [0.05, 0.1) is 19.4 Å². The molecule has 7 nitrogen and oxygen atoms in total. The van der Waals surface area contributed by atoms with Gasteiger partial charge in [0.1, 0.15) is 5.97 Å². The van der Waals surface area contributed by atoms with Crippen molar-refractivity contribution >= 4 is 29.2 Å². The van der Waals surface area contributed by atoms with Crippen LogP contribution in [0.3, 0.4) is 0 Å². The fourth-order valence-corrected chi connectivity index (χ4v) is 1.69. The molecule has 0 unspecified atom stereocenters. The van der Waals surface area contributed by atoms with Crippen LogP contribution >= 0.6 is 0 Å². The summed E-state index contributed by atoms with van der Waals surface area (Å²) in [5, 5.41) is 14.3. The Morgan fingerprint density at radius 2 is 1.96 bits per heavy atom. The Kier molecular flexibility index (Phi) is 6.08. The van der Waals surface area contributed by atoms with Crippen molar-refractivity contribution in [3.8, 4) is 0 Å². The van der Waals surface area contributed by atoms with E-state index in [1.165, 1.54) is 0 Å². The number of quaternary nitrogens is 1. The number of hydrogen-bond acceptors (Lipinski definition) is 4. The first-order valence-electron chi connectivity index (χ1n) is 6.43. The number of hydrogen-bond donors (Lipinski definition) is 3.